The number of rotatable bonds is 2. The third-order valence-corrected chi connectivity index (χ3v) is 3.60. The number of aromatic amines is 1. The number of aryl methyl sites for hydroxylation is 1. The molecular formula is C14H14Cl2N2O2. The fraction of sp³-hybridized carbons (Fsp3) is 0.286. The number of hydrogen-bond acceptors (Lipinski definition) is 2. The summed E-state index contributed by atoms with van der Waals surface area (Å²) in [6.07, 6.45) is 0. The second kappa shape index (κ2) is 5.46. The number of nitrogens with zero attached hydrogens (tertiary/aromatic N) is 1. The number of halogens is 2. The van der Waals surface area contributed by atoms with Crippen LogP contribution in [-0.2, 0) is 0 Å². The second-order valence-corrected chi connectivity index (χ2v) is 5.70. The Morgan fingerprint density at radius 2 is 1.85 bits per heavy atom. The molecule has 20 heavy (non-hydrogen) atoms. The predicted molar refractivity (Wildman–Crippen MR) is 81.5 cm³/mol. The van der Waals surface area contributed by atoms with Gasteiger partial charge in [-0.2, -0.15) is 0 Å². The van der Waals surface area contributed by atoms with Gasteiger partial charge in [0, 0.05) is 5.02 Å². The van der Waals surface area contributed by atoms with E-state index in [-0.39, 0.29) is 11.1 Å². The Morgan fingerprint density at radius 3 is 2.40 bits per heavy atom. The molecule has 0 atom stereocenters. The maximum Gasteiger partial charge on any atom is 0.334 e. The van der Waals surface area contributed by atoms with E-state index in [1.165, 1.54) is 0 Å². The van der Waals surface area contributed by atoms with Crippen molar-refractivity contribution in [2.45, 2.75) is 26.7 Å². The van der Waals surface area contributed by atoms with Gasteiger partial charge in [-0.15, -0.1) is 0 Å². The first-order chi connectivity index (χ1) is 9.32. The summed E-state index contributed by atoms with van der Waals surface area (Å²) in [6.45, 7) is 5.48. The van der Waals surface area contributed by atoms with E-state index in [0.717, 1.165) is 10.1 Å². The number of H-pyrrole nitrogens is 1. The van der Waals surface area contributed by atoms with E-state index in [4.69, 9.17) is 23.2 Å². The first-order valence-electron chi connectivity index (χ1n) is 6.14. The molecule has 2 rings (SSSR count). The fourth-order valence-electron chi connectivity index (χ4n) is 2.11. The highest BCUT2D eigenvalue weighted by Gasteiger charge is 2.17. The largest absolute Gasteiger partial charge is 0.334 e. The highest BCUT2D eigenvalue weighted by molar-refractivity contribution is 6.30. The van der Waals surface area contributed by atoms with Crippen molar-refractivity contribution in [3.63, 3.8) is 0 Å². The highest BCUT2D eigenvalue weighted by atomic mass is 35.5. The number of benzene rings is 1. The molecule has 4 nitrogen and oxygen atoms in total. The molecule has 0 aliphatic heterocycles. The number of nitrogens with one attached hydrogen (secondary N) is 1. The van der Waals surface area contributed by atoms with Gasteiger partial charge in [0.15, 0.2) is 0 Å². The maximum atomic E-state index is 12.5. The normalized spacial score (nSPS) is 11.1. The van der Waals surface area contributed by atoms with Crippen LogP contribution in [0.2, 0.25) is 10.2 Å². The standard InChI is InChI=1S/C14H14Cl2N2O2/c1-7(2)11-12(16)17-14(20)18(13(11)19)10-5-4-9(15)6-8(10)3/h4-7H,1-3H3,(H,17,20). The average Bonchev–Trinajstić information content (AvgIpc) is 2.30. The Bertz CT molecular complexity index is 776. The van der Waals surface area contributed by atoms with Gasteiger partial charge in [-0.25, -0.2) is 9.36 Å². The van der Waals surface area contributed by atoms with Crippen LogP contribution >= 0.6 is 23.2 Å². The van der Waals surface area contributed by atoms with E-state index in [1.54, 1.807) is 25.1 Å². The minimum Gasteiger partial charge on any atom is -0.297 e. The van der Waals surface area contributed by atoms with Crippen LogP contribution < -0.4 is 11.2 Å². The van der Waals surface area contributed by atoms with E-state index in [9.17, 15) is 9.59 Å². The molecule has 0 radical (unpaired) electrons. The van der Waals surface area contributed by atoms with Crippen LogP contribution in [-0.4, -0.2) is 9.55 Å². The van der Waals surface area contributed by atoms with Crippen molar-refractivity contribution in [2.24, 2.45) is 0 Å². The molecule has 0 amide bonds. The monoisotopic (exact) mass is 312 g/mol. The van der Waals surface area contributed by atoms with Crippen LogP contribution in [0.3, 0.4) is 0 Å². The zero-order valence-electron chi connectivity index (χ0n) is 11.3. The number of hydrogen-bond donors (Lipinski definition) is 1. The lowest BCUT2D eigenvalue weighted by Crippen LogP contribution is -2.36. The zero-order valence-corrected chi connectivity index (χ0v) is 12.8. The van der Waals surface area contributed by atoms with Gasteiger partial charge in [-0.05, 0) is 36.6 Å². The molecule has 0 aliphatic carbocycles. The molecule has 1 aromatic heterocycles. The Kier molecular flexibility index (Phi) is 4.06. The van der Waals surface area contributed by atoms with E-state index < -0.39 is 11.2 Å². The summed E-state index contributed by atoms with van der Waals surface area (Å²) in [4.78, 5) is 27.1. The lowest BCUT2D eigenvalue weighted by molar-refractivity contribution is 0.775. The smallest absolute Gasteiger partial charge is 0.297 e. The van der Waals surface area contributed by atoms with Crippen molar-refractivity contribution in [1.82, 2.24) is 9.55 Å². The average molecular weight is 313 g/mol. The van der Waals surface area contributed by atoms with Crippen molar-refractivity contribution >= 4 is 23.2 Å². The van der Waals surface area contributed by atoms with Crippen LogP contribution in [0.25, 0.3) is 5.69 Å². The van der Waals surface area contributed by atoms with Gasteiger partial charge in [0.05, 0.1) is 11.3 Å². The molecule has 0 spiro atoms. The van der Waals surface area contributed by atoms with Crippen LogP contribution in [0.1, 0.15) is 30.9 Å². The van der Waals surface area contributed by atoms with E-state index in [0.29, 0.717) is 16.3 Å². The molecule has 0 saturated carbocycles. The third kappa shape index (κ3) is 2.53. The predicted octanol–water partition coefficient (Wildman–Crippen LogP) is 3.26. The molecule has 106 valence electrons. The Labute approximate surface area is 126 Å². The third-order valence-electron chi connectivity index (χ3n) is 3.07. The van der Waals surface area contributed by atoms with Crippen LogP contribution in [0, 0.1) is 6.92 Å². The van der Waals surface area contributed by atoms with Crippen molar-refractivity contribution in [3.05, 3.63) is 60.3 Å². The van der Waals surface area contributed by atoms with Gasteiger partial charge in [0.2, 0.25) is 0 Å². The zero-order chi connectivity index (χ0) is 15.0. The van der Waals surface area contributed by atoms with Crippen molar-refractivity contribution in [2.75, 3.05) is 0 Å². The Morgan fingerprint density at radius 1 is 1.20 bits per heavy atom. The molecule has 0 fully saturated rings. The molecule has 0 bridgehead atoms. The summed E-state index contributed by atoms with van der Waals surface area (Å²) in [5.41, 5.74) is 0.663. The molecule has 0 aliphatic rings. The molecule has 1 heterocycles. The van der Waals surface area contributed by atoms with Crippen molar-refractivity contribution in [1.29, 1.82) is 0 Å². The minimum atomic E-state index is -0.560. The van der Waals surface area contributed by atoms with Gasteiger partial charge in [-0.1, -0.05) is 37.0 Å². The second-order valence-electron chi connectivity index (χ2n) is 4.88. The van der Waals surface area contributed by atoms with E-state index in [2.05, 4.69) is 4.98 Å². The molecule has 1 N–H and O–H groups in total. The Balaban J connectivity index is 2.85. The molecule has 0 saturated heterocycles. The topological polar surface area (TPSA) is 54.9 Å². The molecule has 0 unspecified atom stereocenters. The van der Waals surface area contributed by atoms with Gasteiger partial charge in [0.25, 0.3) is 5.56 Å². The van der Waals surface area contributed by atoms with Gasteiger partial charge < -0.3 is 0 Å². The summed E-state index contributed by atoms with van der Waals surface area (Å²) in [7, 11) is 0. The SMILES string of the molecule is Cc1cc(Cl)ccc1-n1c(=O)[nH]c(Cl)c(C(C)C)c1=O. The van der Waals surface area contributed by atoms with Crippen molar-refractivity contribution < 1.29 is 0 Å². The summed E-state index contributed by atoms with van der Waals surface area (Å²) in [5.74, 6) is -0.0919. The highest BCUT2D eigenvalue weighted by Crippen LogP contribution is 2.20. The summed E-state index contributed by atoms with van der Waals surface area (Å²) in [6, 6.07) is 4.98. The molecule has 2 aromatic rings. The lowest BCUT2D eigenvalue weighted by Gasteiger charge is -2.13. The van der Waals surface area contributed by atoms with Crippen LogP contribution in [0.5, 0.6) is 0 Å². The van der Waals surface area contributed by atoms with Gasteiger partial charge in [0.1, 0.15) is 5.15 Å². The lowest BCUT2D eigenvalue weighted by atomic mass is 10.1. The maximum absolute atomic E-state index is 12.5. The van der Waals surface area contributed by atoms with Gasteiger partial charge in [-0.3, -0.25) is 9.78 Å². The first-order valence-corrected chi connectivity index (χ1v) is 6.89. The van der Waals surface area contributed by atoms with Crippen molar-refractivity contribution in [3.8, 4) is 5.69 Å². The fourth-order valence-corrected chi connectivity index (χ4v) is 2.72. The molecule has 1 aromatic carbocycles. The summed E-state index contributed by atoms with van der Waals surface area (Å²) in [5, 5.41) is 0.645. The van der Waals surface area contributed by atoms with Crippen LogP contribution in [0.15, 0.2) is 27.8 Å². The Hall–Kier alpha value is -1.52. The van der Waals surface area contributed by atoms with E-state index in [1.807, 2.05) is 13.8 Å². The molecular weight excluding hydrogens is 299 g/mol. The number of aromatic nitrogens is 2. The van der Waals surface area contributed by atoms with E-state index >= 15 is 0 Å². The minimum absolute atomic E-state index is 0.0919. The van der Waals surface area contributed by atoms with Crippen LogP contribution in [0.4, 0.5) is 0 Å². The molecule has 6 heteroatoms. The quantitative estimate of drug-likeness (QED) is 0.865. The summed E-state index contributed by atoms with van der Waals surface area (Å²) < 4.78 is 1.09. The first kappa shape index (κ1) is 14.9. The summed E-state index contributed by atoms with van der Waals surface area (Å²) >= 11 is 11.9. The van der Waals surface area contributed by atoms with Gasteiger partial charge >= 0.3 is 5.69 Å².